The number of ether oxygens (including phenoxy) is 1. The van der Waals surface area contributed by atoms with Crippen molar-refractivity contribution in [3.8, 4) is 0 Å². The number of urea groups is 1. The molecule has 1 aliphatic carbocycles. The van der Waals surface area contributed by atoms with E-state index in [1.165, 1.54) is 19.1 Å². The number of hydrogen-bond acceptors (Lipinski definition) is 6. The standard InChI is InChI=1S/C21H30FN3O6S/c1-13(2)18(25-32(29,30)17-12-8-7-11-16(17)22)20(27)31-14(3)19(26)24-21(28)23-15-9-5-4-6-10-15/h7-8,11-15,18,25H,4-6,9-10H2,1-3H3,(H2,23,24,26,28)/t14?,18-/m0/s1. The van der Waals surface area contributed by atoms with Crippen molar-refractivity contribution < 1.29 is 31.9 Å². The number of benzene rings is 1. The molecule has 11 heteroatoms. The van der Waals surface area contributed by atoms with Crippen LogP contribution < -0.4 is 15.4 Å². The second kappa shape index (κ2) is 11.4. The molecule has 1 aromatic rings. The lowest BCUT2D eigenvalue weighted by Crippen LogP contribution is -2.50. The monoisotopic (exact) mass is 471 g/mol. The quantitative estimate of drug-likeness (QED) is 0.499. The number of sulfonamides is 1. The largest absolute Gasteiger partial charge is 0.451 e. The molecule has 1 fully saturated rings. The number of esters is 1. The van der Waals surface area contributed by atoms with Gasteiger partial charge in [0, 0.05) is 6.04 Å². The molecule has 1 aliphatic rings. The average Bonchev–Trinajstić information content (AvgIpc) is 2.72. The Kier molecular flexibility index (Phi) is 9.14. The molecule has 0 aliphatic heterocycles. The van der Waals surface area contributed by atoms with Crippen molar-refractivity contribution in [2.45, 2.75) is 76.0 Å². The lowest BCUT2D eigenvalue weighted by atomic mass is 9.96. The fourth-order valence-electron chi connectivity index (χ4n) is 3.33. The van der Waals surface area contributed by atoms with Gasteiger partial charge in [-0.1, -0.05) is 45.2 Å². The van der Waals surface area contributed by atoms with Crippen molar-refractivity contribution in [1.82, 2.24) is 15.4 Å². The minimum absolute atomic E-state index is 0.00693. The molecule has 1 saturated carbocycles. The van der Waals surface area contributed by atoms with Crippen LogP contribution in [0.4, 0.5) is 9.18 Å². The van der Waals surface area contributed by atoms with E-state index >= 15 is 0 Å². The molecular formula is C21H30FN3O6S. The first kappa shape index (κ1) is 25.7. The second-order valence-corrected chi connectivity index (χ2v) is 9.83. The van der Waals surface area contributed by atoms with Crippen LogP contribution in [0, 0.1) is 11.7 Å². The summed E-state index contributed by atoms with van der Waals surface area (Å²) in [6.45, 7) is 4.40. The minimum Gasteiger partial charge on any atom is -0.451 e. The number of rotatable bonds is 8. The lowest BCUT2D eigenvalue weighted by molar-refractivity contribution is -0.157. The molecule has 1 aromatic carbocycles. The Morgan fingerprint density at radius 3 is 2.28 bits per heavy atom. The van der Waals surface area contributed by atoms with E-state index in [2.05, 4.69) is 15.4 Å². The van der Waals surface area contributed by atoms with Gasteiger partial charge in [-0.2, -0.15) is 4.72 Å². The number of halogens is 1. The highest BCUT2D eigenvalue weighted by molar-refractivity contribution is 7.89. The summed E-state index contributed by atoms with van der Waals surface area (Å²) in [5.74, 6) is -3.39. The summed E-state index contributed by atoms with van der Waals surface area (Å²) in [6, 6.07) is 2.70. The number of carbonyl (C=O) groups is 3. The molecule has 0 saturated heterocycles. The van der Waals surface area contributed by atoms with Gasteiger partial charge in [0.15, 0.2) is 6.10 Å². The first-order valence-electron chi connectivity index (χ1n) is 10.6. The van der Waals surface area contributed by atoms with Crippen LogP contribution in [0.2, 0.25) is 0 Å². The topological polar surface area (TPSA) is 131 Å². The van der Waals surface area contributed by atoms with Gasteiger partial charge in [-0.25, -0.2) is 17.6 Å². The molecule has 0 bridgehead atoms. The summed E-state index contributed by atoms with van der Waals surface area (Å²) >= 11 is 0. The Bertz CT molecular complexity index is 931. The normalized spacial score (nSPS) is 16.8. The van der Waals surface area contributed by atoms with Gasteiger partial charge in [-0.3, -0.25) is 14.9 Å². The number of carbonyl (C=O) groups excluding carboxylic acids is 3. The summed E-state index contributed by atoms with van der Waals surface area (Å²) in [5, 5.41) is 4.84. The van der Waals surface area contributed by atoms with Crippen molar-refractivity contribution in [3.05, 3.63) is 30.1 Å². The molecule has 0 spiro atoms. The Hall–Kier alpha value is -2.53. The smallest absolute Gasteiger partial charge is 0.325 e. The Balaban J connectivity index is 1.97. The molecule has 32 heavy (non-hydrogen) atoms. The number of hydrogen-bond donors (Lipinski definition) is 3. The summed E-state index contributed by atoms with van der Waals surface area (Å²) < 4.78 is 46.2. The first-order valence-corrected chi connectivity index (χ1v) is 12.1. The number of imide groups is 1. The maximum atomic E-state index is 13.9. The zero-order chi connectivity index (χ0) is 23.9. The number of nitrogens with one attached hydrogen (secondary N) is 3. The highest BCUT2D eigenvalue weighted by Crippen LogP contribution is 2.18. The second-order valence-electron chi connectivity index (χ2n) is 8.15. The van der Waals surface area contributed by atoms with Gasteiger partial charge in [0.25, 0.3) is 5.91 Å². The molecule has 3 amide bonds. The molecule has 2 rings (SSSR count). The van der Waals surface area contributed by atoms with Crippen molar-refractivity contribution in [1.29, 1.82) is 0 Å². The summed E-state index contributed by atoms with van der Waals surface area (Å²) in [7, 11) is -4.36. The molecular weight excluding hydrogens is 441 g/mol. The van der Waals surface area contributed by atoms with Gasteiger partial charge < -0.3 is 10.1 Å². The van der Waals surface area contributed by atoms with Crippen molar-refractivity contribution in [3.63, 3.8) is 0 Å². The molecule has 0 radical (unpaired) electrons. The van der Waals surface area contributed by atoms with E-state index in [1.54, 1.807) is 13.8 Å². The van der Waals surface area contributed by atoms with Crippen LogP contribution in [0.3, 0.4) is 0 Å². The number of amides is 3. The van der Waals surface area contributed by atoms with Crippen LogP contribution in [0.1, 0.15) is 52.9 Å². The average molecular weight is 472 g/mol. The van der Waals surface area contributed by atoms with Crippen LogP contribution in [-0.4, -0.2) is 44.5 Å². The van der Waals surface area contributed by atoms with Gasteiger partial charge in [0.1, 0.15) is 16.8 Å². The Morgan fingerprint density at radius 2 is 1.69 bits per heavy atom. The van der Waals surface area contributed by atoms with Crippen molar-refractivity contribution in [2.24, 2.45) is 5.92 Å². The fraction of sp³-hybridized carbons (Fsp3) is 0.571. The van der Waals surface area contributed by atoms with Crippen molar-refractivity contribution in [2.75, 3.05) is 0 Å². The van der Waals surface area contributed by atoms with Crippen LogP contribution in [0.25, 0.3) is 0 Å². The van der Waals surface area contributed by atoms with E-state index in [-0.39, 0.29) is 6.04 Å². The predicted octanol–water partition coefficient (Wildman–Crippen LogP) is 2.22. The molecule has 0 aromatic heterocycles. The van der Waals surface area contributed by atoms with Gasteiger partial charge in [-0.05, 0) is 37.8 Å². The summed E-state index contributed by atoms with van der Waals surface area (Å²) in [6.07, 6.45) is 3.45. The maximum absolute atomic E-state index is 13.9. The van der Waals surface area contributed by atoms with Crippen LogP contribution in [0.15, 0.2) is 29.2 Å². The molecule has 3 N–H and O–H groups in total. The van der Waals surface area contributed by atoms with Crippen molar-refractivity contribution >= 4 is 27.9 Å². The van der Waals surface area contributed by atoms with E-state index in [0.29, 0.717) is 0 Å². The zero-order valence-corrected chi connectivity index (χ0v) is 19.2. The van der Waals surface area contributed by atoms with Gasteiger partial charge >= 0.3 is 12.0 Å². The van der Waals surface area contributed by atoms with E-state index in [4.69, 9.17) is 4.74 Å². The third-order valence-corrected chi connectivity index (χ3v) is 6.64. The SMILES string of the molecule is CC(OC(=O)[C@@H](NS(=O)(=O)c1ccccc1F)C(C)C)C(=O)NC(=O)NC1CCCCC1. The maximum Gasteiger partial charge on any atom is 0.325 e. The van der Waals surface area contributed by atoms with E-state index in [9.17, 15) is 27.2 Å². The molecule has 9 nitrogen and oxygen atoms in total. The van der Waals surface area contributed by atoms with E-state index < -0.39 is 56.7 Å². The highest BCUT2D eigenvalue weighted by Gasteiger charge is 2.33. The lowest BCUT2D eigenvalue weighted by Gasteiger charge is -2.24. The predicted molar refractivity (Wildman–Crippen MR) is 114 cm³/mol. The third kappa shape index (κ3) is 7.27. The highest BCUT2D eigenvalue weighted by atomic mass is 32.2. The Labute approximate surface area is 187 Å². The molecule has 2 atom stereocenters. The Morgan fingerprint density at radius 1 is 1.06 bits per heavy atom. The van der Waals surface area contributed by atoms with Gasteiger partial charge in [0.2, 0.25) is 10.0 Å². The van der Waals surface area contributed by atoms with Gasteiger partial charge in [-0.15, -0.1) is 0 Å². The minimum atomic E-state index is -4.36. The van der Waals surface area contributed by atoms with Crippen LogP contribution in [-0.2, 0) is 24.3 Å². The fourth-order valence-corrected chi connectivity index (χ4v) is 4.74. The molecule has 178 valence electrons. The van der Waals surface area contributed by atoms with Crippen LogP contribution in [0.5, 0.6) is 0 Å². The summed E-state index contributed by atoms with van der Waals surface area (Å²) in [5.41, 5.74) is 0. The van der Waals surface area contributed by atoms with Crippen LogP contribution >= 0.6 is 0 Å². The van der Waals surface area contributed by atoms with Gasteiger partial charge in [0.05, 0.1) is 0 Å². The first-order chi connectivity index (χ1) is 15.0. The zero-order valence-electron chi connectivity index (χ0n) is 18.4. The van der Waals surface area contributed by atoms with E-state index in [1.807, 2.05) is 0 Å². The summed E-state index contributed by atoms with van der Waals surface area (Å²) in [4.78, 5) is 36.2. The third-order valence-electron chi connectivity index (χ3n) is 5.17. The van der Waals surface area contributed by atoms with E-state index in [0.717, 1.165) is 44.2 Å². The molecule has 1 unspecified atom stereocenters. The molecule has 0 heterocycles.